The van der Waals surface area contributed by atoms with Crippen LogP contribution in [-0.2, 0) is 16.1 Å². The fraction of sp³-hybridized carbons (Fsp3) is 0.267. The maximum absolute atomic E-state index is 12.3. The van der Waals surface area contributed by atoms with Gasteiger partial charge in [-0.05, 0) is 5.56 Å². The molecule has 0 bridgehead atoms. The van der Waals surface area contributed by atoms with Gasteiger partial charge in [-0.15, -0.1) is 23.7 Å². The van der Waals surface area contributed by atoms with Crippen LogP contribution in [0.3, 0.4) is 0 Å². The van der Waals surface area contributed by atoms with Gasteiger partial charge in [0, 0.05) is 11.9 Å². The molecular formula is C15H18ClN3O3S. The summed E-state index contributed by atoms with van der Waals surface area (Å²) in [6.07, 6.45) is 0.0557. The molecule has 0 fully saturated rings. The molecule has 0 saturated carbocycles. The van der Waals surface area contributed by atoms with Gasteiger partial charge in [-0.2, -0.15) is 0 Å². The highest BCUT2D eigenvalue weighted by molar-refractivity contribution is 7.09. The number of nitrogens with zero attached hydrogens (tertiary/aromatic N) is 1. The van der Waals surface area contributed by atoms with Gasteiger partial charge in [-0.25, -0.2) is 4.98 Å². The van der Waals surface area contributed by atoms with Crippen LogP contribution in [0, 0.1) is 0 Å². The first-order chi connectivity index (χ1) is 10.6. The number of methoxy groups -OCH3 is 1. The second-order valence-corrected chi connectivity index (χ2v) is 5.49. The molecule has 1 unspecified atom stereocenters. The summed E-state index contributed by atoms with van der Waals surface area (Å²) in [6, 6.07) is 8.79. The molecule has 0 spiro atoms. The number of rotatable bonds is 6. The Kier molecular flexibility index (Phi) is 7.67. The van der Waals surface area contributed by atoms with E-state index in [0.717, 1.165) is 5.56 Å². The normalized spacial score (nSPS) is 11.2. The monoisotopic (exact) mass is 355 g/mol. The van der Waals surface area contributed by atoms with E-state index in [0.29, 0.717) is 17.2 Å². The zero-order chi connectivity index (χ0) is 15.9. The quantitative estimate of drug-likeness (QED) is 0.773. The Hall–Kier alpha value is -1.96. The van der Waals surface area contributed by atoms with Crippen molar-refractivity contribution < 1.29 is 14.3 Å². The molecule has 6 nitrogen and oxygen atoms in total. The van der Waals surface area contributed by atoms with Crippen LogP contribution in [0.15, 0.2) is 35.7 Å². The Balaban J connectivity index is 0.00000264. The molecule has 0 aliphatic rings. The van der Waals surface area contributed by atoms with Crippen molar-refractivity contribution in [3.05, 3.63) is 52.0 Å². The molecule has 0 aliphatic carbocycles. The molecule has 1 aromatic heterocycles. The number of nitrogens with one attached hydrogen (secondary N) is 1. The number of carbonyl (C=O) groups excluding carboxylic acids is 2. The topological polar surface area (TPSA) is 94.3 Å². The lowest BCUT2D eigenvalue weighted by molar-refractivity contribution is -0.141. The first kappa shape index (κ1) is 19.1. The Morgan fingerprint density at radius 3 is 2.61 bits per heavy atom. The van der Waals surface area contributed by atoms with Crippen LogP contribution in [0.2, 0.25) is 0 Å². The highest BCUT2D eigenvalue weighted by Gasteiger charge is 2.20. The molecule has 124 valence electrons. The molecular weight excluding hydrogens is 338 g/mol. The molecule has 1 atom stereocenters. The zero-order valence-corrected chi connectivity index (χ0v) is 14.2. The van der Waals surface area contributed by atoms with E-state index in [2.05, 4.69) is 10.3 Å². The van der Waals surface area contributed by atoms with Crippen LogP contribution in [0.25, 0.3) is 0 Å². The zero-order valence-electron chi connectivity index (χ0n) is 12.5. The van der Waals surface area contributed by atoms with Crippen LogP contribution in [-0.4, -0.2) is 24.0 Å². The van der Waals surface area contributed by atoms with E-state index >= 15 is 0 Å². The lowest BCUT2D eigenvalue weighted by Crippen LogP contribution is -2.30. The summed E-state index contributed by atoms with van der Waals surface area (Å²) < 4.78 is 4.69. The first-order valence-electron chi connectivity index (χ1n) is 6.71. The van der Waals surface area contributed by atoms with Gasteiger partial charge in [-0.1, -0.05) is 30.3 Å². The summed E-state index contributed by atoms with van der Waals surface area (Å²) in [5.74, 6) is -0.733. The fourth-order valence-corrected chi connectivity index (χ4v) is 2.58. The van der Waals surface area contributed by atoms with E-state index in [9.17, 15) is 9.59 Å². The number of nitrogens with two attached hydrogens (primary N) is 1. The Labute approximate surface area is 144 Å². The number of aromatic nitrogens is 1. The second-order valence-electron chi connectivity index (χ2n) is 4.55. The molecule has 2 aromatic rings. The molecule has 8 heteroatoms. The molecule has 3 N–H and O–H groups in total. The van der Waals surface area contributed by atoms with Gasteiger partial charge >= 0.3 is 5.97 Å². The predicted molar refractivity (Wildman–Crippen MR) is 90.5 cm³/mol. The summed E-state index contributed by atoms with van der Waals surface area (Å²) in [5.41, 5.74) is 6.63. The van der Waals surface area contributed by atoms with E-state index < -0.39 is 12.0 Å². The smallest absolute Gasteiger partial charge is 0.307 e. The van der Waals surface area contributed by atoms with Gasteiger partial charge in [0.1, 0.15) is 10.7 Å². The van der Waals surface area contributed by atoms with E-state index in [-0.39, 0.29) is 24.7 Å². The third-order valence-electron chi connectivity index (χ3n) is 3.06. The molecule has 23 heavy (non-hydrogen) atoms. The molecule has 1 amide bonds. The maximum Gasteiger partial charge on any atom is 0.307 e. The van der Waals surface area contributed by atoms with Gasteiger partial charge in [-0.3, -0.25) is 9.59 Å². The van der Waals surface area contributed by atoms with Crippen molar-refractivity contribution in [3.63, 3.8) is 0 Å². The predicted octanol–water partition coefficient (Wildman–Crippen LogP) is 2.06. The van der Waals surface area contributed by atoms with Crippen molar-refractivity contribution in [1.29, 1.82) is 0 Å². The fourth-order valence-electron chi connectivity index (χ4n) is 1.93. The number of benzene rings is 1. The van der Waals surface area contributed by atoms with E-state index in [1.54, 1.807) is 5.38 Å². The van der Waals surface area contributed by atoms with Crippen LogP contribution in [0.1, 0.15) is 33.5 Å². The molecule has 0 aliphatic heterocycles. The van der Waals surface area contributed by atoms with Gasteiger partial charge in [0.25, 0.3) is 5.91 Å². The highest BCUT2D eigenvalue weighted by Crippen LogP contribution is 2.18. The van der Waals surface area contributed by atoms with Gasteiger partial charge in [0.15, 0.2) is 0 Å². The number of ether oxygens (including phenoxy) is 1. The first-order valence-corrected chi connectivity index (χ1v) is 7.59. The number of amides is 1. The summed E-state index contributed by atoms with van der Waals surface area (Å²) in [7, 11) is 1.32. The highest BCUT2D eigenvalue weighted by atomic mass is 35.5. The minimum Gasteiger partial charge on any atom is -0.469 e. The van der Waals surface area contributed by atoms with Gasteiger partial charge in [0.2, 0.25) is 0 Å². The minimum absolute atomic E-state index is 0. The van der Waals surface area contributed by atoms with Crippen molar-refractivity contribution in [3.8, 4) is 0 Å². The molecule has 1 aromatic carbocycles. The minimum atomic E-state index is -0.468. The number of hydrogen-bond donors (Lipinski definition) is 2. The summed E-state index contributed by atoms with van der Waals surface area (Å²) in [5, 5.41) is 5.16. The average Bonchev–Trinajstić information content (AvgIpc) is 3.04. The summed E-state index contributed by atoms with van der Waals surface area (Å²) in [6.45, 7) is 0.294. The lowest BCUT2D eigenvalue weighted by Gasteiger charge is -2.17. The van der Waals surface area contributed by atoms with Gasteiger partial charge < -0.3 is 15.8 Å². The Bertz CT molecular complexity index is 648. The average molecular weight is 356 g/mol. The number of halogens is 1. The van der Waals surface area contributed by atoms with Crippen LogP contribution in [0.4, 0.5) is 0 Å². The van der Waals surface area contributed by atoms with Gasteiger partial charge in [0.05, 0.1) is 19.6 Å². The van der Waals surface area contributed by atoms with Crippen molar-refractivity contribution >= 4 is 35.6 Å². The van der Waals surface area contributed by atoms with Crippen molar-refractivity contribution in [2.24, 2.45) is 5.73 Å². The lowest BCUT2D eigenvalue weighted by atomic mass is 10.0. The van der Waals surface area contributed by atoms with Crippen LogP contribution in [0.5, 0.6) is 0 Å². The van der Waals surface area contributed by atoms with E-state index in [1.165, 1.54) is 18.4 Å². The SMILES string of the molecule is COC(=O)CC(NC(=O)c1csc(CN)n1)c1ccccc1.Cl. The largest absolute Gasteiger partial charge is 0.469 e. The van der Waals surface area contributed by atoms with Crippen LogP contribution >= 0.6 is 23.7 Å². The number of hydrogen-bond acceptors (Lipinski definition) is 6. The van der Waals surface area contributed by atoms with Crippen molar-refractivity contribution in [1.82, 2.24) is 10.3 Å². The van der Waals surface area contributed by atoms with Crippen molar-refractivity contribution in [2.45, 2.75) is 19.0 Å². The summed E-state index contributed by atoms with van der Waals surface area (Å²) in [4.78, 5) is 28.0. The maximum atomic E-state index is 12.3. The summed E-state index contributed by atoms with van der Waals surface area (Å²) >= 11 is 1.33. The third-order valence-corrected chi connectivity index (χ3v) is 3.94. The number of thiazole rings is 1. The van der Waals surface area contributed by atoms with E-state index in [4.69, 9.17) is 10.5 Å². The van der Waals surface area contributed by atoms with Crippen LogP contribution < -0.4 is 11.1 Å². The molecule has 2 rings (SSSR count). The van der Waals surface area contributed by atoms with Crippen molar-refractivity contribution in [2.75, 3.05) is 7.11 Å². The third kappa shape index (κ3) is 5.31. The molecule has 1 heterocycles. The molecule has 0 radical (unpaired) electrons. The number of esters is 1. The van der Waals surface area contributed by atoms with E-state index in [1.807, 2.05) is 30.3 Å². The Morgan fingerprint density at radius 1 is 1.35 bits per heavy atom. The second kappa shape index (κ2) is 9.24. The number of carbonyl (C=O) groups is 2. The molecule has 0 saturated heterocycles. The Morgan fingerprint density at radius 2 is 2.04 bits per heavy atom. The standard InChI is InChI=1S/C15H17N3O3S.ClH/c1-21-14(19)7-11(10-5-3-2-4-6-10)18-15(20)12-9-22-13(8-16)17-12;/h2-6,9,11H,7-8,16H2,1H3,(H,18,20);1H.